The predicted octanol–water partition coefficient (Wildman–Crippen LogP) is 2.88. The van der Waals surface area contributed by atoms with E-state index in [0.717, 1.165) is 17.8 Å². The van der Waals surface area contributed by atoms with E-state index in [0.29, 0.717) is 5.56 Å². The van der Waals surface area contributed by atoms with Gasteiger partial charge < -0.3 is 15.5 Å². The maximum Gasteiger partial charge on any atom is 0.335 e. The fourth-order valence-electron chi connectivity index (χ4n) is 2.36. The van der Waals surface area contributed by atoms with Crippen LogP contribution in [0.4, 0.5) is 11.4 Å². The number of non-ortho nitro benzene ring substituents is 1. The zero-order chi connectivity index (χ0) is 21.1. The number of nitrogens with one attached hydrogen (secondary N) is 1. The van der Waals surface area contributed by atoms with Crippen molar-refractivity contribution < 1.29 is 29.5 Å². The van der Waals surface area contributed by atoms with Gasteiger partial charge >= 0.3 is 11.9 Å². The van der Waals surface area contributed by atoms with Crippen molar-refractivity contribution in [2.75, 3.05) is 0 Å². The van der Waals surface area contributed by atoms with Gasteiger partial charge in [0.25, 0.3) is 11.6 Å². The fraction of sp³-hybridized carbons (Fsp3) is 0. The molecule has 1 aliphatic rings. The van der Waals surface area contributed by atoms with Crippen LogP contribution in [-0.4, -0.2) is 38.1 Å². The summed E-state index contributed by atoms with van der Waals surface area (Å²) in [5, 5.41) is 31.6. The Bertz CT molecular complexity index is 1070. The number of carbonyl (C=O) groups is 3. The second-order valence-electron chi connectivity index (χ2n) is 5.71. The summed E-state index contributed by atoms with van der Waals surface area (Å²) in [5.74, 6) is -3.08. The topological polar surface area (TPSA) is 159 Å². The molecule has 10 nitrogen and oxygen atoms in total. The largest absolute Gasteiger partial charge is 0.478 e. The third kappa shape index (κ3) is 4.65. The number of nitro benzene ring substituents is 1. The minimum Gasteiger partial charge on any atom is -0.478 e. The van der Waals surface area contributed by atoms with Crippen LogP contribution in [0.15, 0.2) is 52.4 Å². The number of hydrogen-bond acceptors (Lipinski definition) is 7. The molecule has 2 aromatic rings. The number of benzene rings is 2. The normalized spacial score (nSPS) is 16.1. The first-order valence-corrected chi connectivity index (χ1v) is 8.70. The minimum atomic E-state index is -1.31. The fourth-order valence-corrected chi connectivity index (χ4v) is 3.21. The average Bonchev–Trinajstić information content (AvgIpc) is 3.00. The molecule has 3 rings (SSSR count). The van der Waals surface area contributed by atoms with E-state index >= 15 is 0 Å². The van der Waals surface area contributed by atoms with E-state index in [1.807, 2.05) is 0 Å². The number of thioether (sulfide) groups is 1. The van der Waals surface area contributed by atoms with Crippen molar-refractivity contribution in [1.82, 2.24) is 5.32 Å². The van der Waals surface area contributed by atoms with Crippen molar-refractivity contribution in [3.8, 4) is 0 Å². The van der Waals surface area contributed by atoms with E-state index in [9.17, 15) is 24.5 Å². The highest BCUT2D eigenvalue weighted by atomic mass is 32.2. The summed E-state index contributed by atoms with van der Waals surface area (Å²) < 4.78 is 0. The predicted molar refractivity (Wildman–Crippen MR) is 104 cm³/mol. The highest BCUT2D eigenvalue weighted by molar-refractivity contribution is 8.18. The number of aliphatic imine (C=N–C) groups is 1. The molecule has 1 amide bonds. The molecule has 0 unspecified atom stereocenters. The molecule has 11 heteroatoms. The molecular formula is C18H11N3O7S. The van der Waals surface area contributed by atoms with E-state index in [1.54, 1.807) is 0 Å². The molecule has 0 saturated carbocycles. The first-order valence-electron chi connectivity index (χ1n) is 7.88. The summed E-state index contributed by atoms with van der Waals surface area (Å²) in [4.78, 5) is 49.0. The minimum absolute atomic E-state index is 0.0571. The number of amidine groups is 1. The Morgan fingerprint density at radius 2 is 1.66 bits per heavy atom. The lowest BCUT2D eigenvalue weighted by Gasteiger charge is -2.02. The van der Waals surface area contributed by atoms with Gasteiger partial charge in [-0.3, -0.25) is 14.9 Å². The van der Waals surface area contributed by atoms with E-state index in [4.69, 9.17) is 10.2 Å². The van der Waals surface area contributed by atoms with Crippen LogP contribution in [0.1, 0.15) is 26.3 Å². The van der Waals surface area contributed by atoms with E-state index in [1.165, 1.54) is 42.5 Å². The first-order chi connectivity index (χ1) is 13.7. The Balaban J connectivity index is 1.88. The zero-order valence-electron chi connectivity index (χ0n) is 14.4. The molecule has 0 aliphatic carbocycles. The number of carboxylic acid groups (broad SMARTS) is 2. The molecule has 0 aromatic heterocycles. The Hall–Kier alpha value is -3.99. The van der Waals surface area contributed by atoms with Gasteiger partial charge in [-0.05, 0) is 53.7 Å². The second-order valence-corrected chi connectivity index (χ2v) is 6.74. The number of rotatable bonds is 5. The summed E-state index contributed by atoms with van der Waals surface area (Å²) in [5.41, 5.74) is 0.0446. The van der Waals surface area contributed by atoms with Crippen molar-refractivity contribution in [3.05, 3.63) is 74.2 Å². The highest BCUT2D eigenvalue weighted by Gasteiger charge is 2.24. The molecule has 0 spiro atoms. The molecule has 0 bridgehead atoms. The van der Waals surface area contributed by atoms with Crippen LogP contribution in [-0.2, 0) is 4.79 Å². The third-order valence-corrected chi connectivity index (χ3v) is 4.60. The van der Waals surface area contributed by atoms with Crippen molar-refractivity contribution in [2.45, 2.75) is 0 Å². The maximum absolute atomic E-state index is 12.1. The molecule has 1 heterocycles. The number of nitrogens with zero attached hydrogens (tertiary/aromatic N) is 2. The number of hydrogen-bond donors (Lipinski definition) is 3. The van der Waals surface area contributed by atoms with Crippen molar-refractivity contribution >= 4 is 52.2 Å². The lowest BCUT2D eigenvalue weighted by Crippen LogP contribution is -2.19. The van der Waals surface area contributed by atoms with Crippen LogP contribution in [0.5, 0.6) is 0 Å². The number of amides is 1. The number of carbonyl (C=O) groups excluding carboxylic acids is 1. The van der Waals surface area contributed by atoms with Gasteiger partial charge in [-0.2, -0.15) is 0 Å². The van der Waals surface area contributed by atoms with E-state index < -0.39 is 22.8 Å². The molecule has 146 valence electrons. The van der Waals surface area contributed by atoms with Gasteiger partial charge in [-0.1, -0.05) is 0 Å². The second kappa shape index (κ2) is 7.94. The smallest absolute Gasteiger partial charge is 0.335 e. The van der Waals surface area contributed by atoms with Crippen LogP contribution in [0.2, 0.25) is 0 Å². The van der Waals surface area contributed by atoms with Gasteiger partial charge in [-0.25, -0.2) is 14.6 Å². The van der Waals surface area contributed by atoms with E-state index in [-0.39, 0.29) is 32.6 Å². The Morgan fingerprint density at radius 3 is 2.17 bits per heavy atom. The molecular weight excluding hydrogens is 402 g/mol. The van der Waals surface area contributed by atoms with Crippen LogP contribution in [0.3, 0.4) is 0 Å². The molecule has 29 heavy (non-hydrogen) atoms. The van der Waals surface area contributed by atoms with E-state index in [2.05, 4.69) is 10.3 Å². The molecule has 2 aromatic carbocycles. The quantitative estimate of drug-likeness (QED) is 0.383. The monoisotopic (exact) mass is 413 g/mol. The summed E-state index contributed by atoms with van der Waals surface area (Å²) >= 11 is 0.969. The van der Waals surface area contributed by atoms with Crippen LogP contribution in [0.25, 0.3) is 6.08 Å². The van der Waals surface area contributed by atoms with Gasteiger partial charge in [0.15, 0.2) is 5.17 Å². The van der Waals surface area contributed by atoms with Gasteiger partial charge in [0.2, 0.25) is 0 Å². The Morgan fingerprint density at radius 1 is 1.07 bits per heavy atom. The summed E-state index contributed by atoms with van der Waals surface area (Å²) in [6, 6.07) is 8.98. The van der Waals surface area contributed by atoms with Crippen LogP contribution < -0.4 is 5.32 Å². The van der Waals surface area contributed by atoms with Crippen LogP contribution in [0, 0.1) is 10.1 Å². The van der Waals surface area contributed by atoms with Crippen LogP contribution >= 0.6 is 11.8 Å². The lowest BCUT2D eigenvalue weighted by atomic mass is 10.1. The Labute approximate surface area is 166 Å². The van der Waals surface area contributed by atoms with Crippen molar-refractivity contribution in [2.24, 2.45) is 4.99 Å². The van der Waals surface area contributed by atoms with Gasteiger partial charge in [0.05, 0.1) is 26.6 Å². The van der Waals surface area contributed by atoms with Gasteiger partial charge in [-0.15, -0.1) is 0 Å². The number of carboxylic acids is 2. The van der Waals surface area contributed by atoms with Crippen molar-refractivity contribution in [3.63, 3.8) is 0 Å². The summed E-state index contributed by atoms with van der Waals surface area (Å²) in [6.07, 6.45) is 1.52. The molecule has 1 fully saturated rings. The summed E-state index contributed by atoms with van der Waals surface area (Å²) in [7, 11) is 0. The number of nitro groups is 1. The highest BCUT2D eigenvalue weighted by Crippen LogP contribution is 2.29. The molecule has 1 saturated heterocycles. The van der Waals surface area contributed by atoms with Gasteiger partial charge in [0, 0.05) is 12.1 Å². The number of aromatic carboxylic acids is 2. The molecule has 0 radical (unpaired) electrons. The third-order valence-electron chi connectivity index (χ3n) is 3.69. The molecule has 1 aliphatic heterocycles. The standard InChI is InChI=1S/C18H11N3O7S/c22-15-14(5-9-1-3-13(4-2-9)21(27)28)29-18(20-15)19-12-7-10(16(23)24)6-11(8-12)17(25)26/h1-8H,(H,23,24)(H,25,26)(H,19,20,22)/b14-5-. The van der Waals surface area contributed by atoms with Gasteiger partial charge in [0.1, 0.15) is 0 Å². The summed E-state index contributed by atoms with van der Waals surface area (Å²) in [6.45, 7) is 0. The SMILES string of the molecule is O=C1NC(=Nc2cc(C(=O)O)cc(C(=O)O)c2)S/C1=C\c1ccc([N+](=O)[O-])cc1. The zero-order valence-corrected chi connectivity index (χ0v) is 15.2. The maximum atomic E-state index is 12.1. The Kier molecular flexibility index (Phi) is 5.41. The van der Waals surface area contributed by atoms with Crippen molar-refractivity contribution in [1.29, 1.82) is 0 Å². The first kappa shape index (κ1) is 19.8. The average molecular weight is 413 g/mol. The lowest BCUT2D eigenvalue weighted by molar-refractivity contribution is -0.384. The molecule has 3 N–H and O–H groups in total. The molecule has 0 atom stereocenters.